The van der Waals surface area contributed by atoms with Gasteiger partial charge in [0, 0.05) is 25.6 Å². The molecule has 0 saturated carbocycles. The van der Waals surface area contributed by atoms with Crippen molar-refractivity contribution in [2.75, 3.05) is 19.7 Å². The van der Waals surface area contributed by atoms with Gasteiger partial charge in [0.05, 0.1) is 5.56 Å². The Kier molecular flexibility index (Phi) is 5.08. The van der Waals surface area contributed by atoms with Crippen LogP contribution in [0.15, 0.2) is 18.2 Å². The lowest BCUT2D eigenvalue weighted by molar-refractivity contribution is -0.156. The van der Waals surface area contributed by atoms with Gasteiger partial charge in [0.2, 0.25) is 0 Å². The minimum absolute atomic E-state index is 0.0899. The first-order chi connectivity index (χ1) is 10.7. The van der Waals surface area contributed by atoms with Gasteiger partial charge in [-0.2, -0.15) is 13.2 Å². The SMILES string of the molecule is O=C(N[C@@H](c1c(F)cccc1F)C(F)(F)F)N1CC[C@H](CO)C1. The summed E-state index contributed by atoms with van der Waals surface area (Å²) in [5, 5.41) is 10.6. The second kappa shape index (κ2) is 6.69. The normalized spacial score (nSPS) is 19.7. The smallest absolute Gasteiger partial charge is 0.396 e. The Balaban J connectivity index is 2.22. The molecule has 128 valence electrons. The van der Waals surface area contributed by atoms with Gasteiger partial charge >= 0.3 is 12.2 Å². The van der Waals surface area contributed by atoms with Crippen LogP contribution in [0.5, 0.6) is 0 Å². The second-order valence-corrected chi connectivity index (χ2v) is 5.34. The number of benzene rings is 1. The third kappa shape index (κ3) is 3.90. The minimum Gasteiger partial charge on any atom is -0.396 e. The summed E-state index contributed by atoms with van der Waals surface area (Å²) in [5.41, 5.74) is -1.24. The van der Waals surface area contributed by atoms with E-state index in [2.05, 4.69) is 0 Å². The molecule has 2 amide bonds. The van der Waals surface area contributed by atoms with Gasteiger partial charge < -0.3 is 15.3 Å². The van der Waals surface area contributed by atoms with Crippen molar-refractivity contribution in [1.29, 1.82) is 0 Å². The molecular weight excluding hydrogens is 323 g/mol. The number of nitrogens with zero attached hydrogens (tertiary/aromatic N) is 1. The van der Waals surface area contributed by atoms with E-state index < -0.39 is 35.4 Å². The van der Waals surface area contributed by atoms with Crippen molar-refractivity contribution in [3.63, 3.8) is 0 Å². The maximum Gasteiger partial charge on any atom is 0.413 e. The first-order valence-corrected chi connectivity index (χ1v) is 6.91. The highest BCUT2D eigenvalue weighted by atomic mass is 19.4. The highest BCUT2D eigenvalue weighted by Crippen LogP contribution is 2.35. The van der Waals surface area contributed by atoms with Crippen LogP contribution in [0.1, 0.15) is 18.0 Å². The Morgan fingerprint density at radius 3 is 2.43 bits per heavy atom. The summed E-state index contributed by atoms with van der Waals surface area (Å²) in [4.78, 5) is 13.0. The number of hydrogen-bond acceptors (Lipinski definition) is 2. The lowest BCUT2D eigenvalue weighted by atomic mass is 10.1. The van der Waals surface area contributed by atoms with Gasteiger partial charge in [0.25, 0.3) is 0 Å². The molecular formula is C14H15F5N2O2. The molecule has 0 aromatic heterocycles. The van der Waals surface area contributed by atoms with E-state index in [0.717, 1.165) is 11.0 Å². The van der Waals surface area contributed by atoms with Gasteiger partial charge in [0.1, 0.15) is 11.6 Å². The zero-order valence-electron chi connectivity index (χ0n) is 11.9. The summed E-state index contributed by atoms with van der Waals surface area (Å²) >= 11 is 0. The predicted molar refractivity (Wildman–Crippen MR) is 70.5 cm³/mol. The van der Waals surface area contributed by atoms with Gasteiger partial charge in [-0.3, -0.25) is 0 Å². The molecule has 2 atom stereocenters. The Hall–Kier alpha value is -1.90. The molecule has 9 heteroatoms. The summed E-state index contributed by atoms with van der Waals surface area (Å²) in [6.45, 7) is 0.0719. The maximum absolute atomic E-state index is 13.6. The van der Waals surface area contributed by atoms with Crippen molar-refractivity contribution in [3.8, 4) is 0 Å². The molecule has 1 saturated heterocycles. The Morgan fingerprint density at radius 1 is 1.35 bits per heavy atom. The minimum atomic E-state index is -5.06. The molecule has 1 fully saturated rings. The number of aliphatic hydroxyl groups excluding tert-OH is 1. The molecule has 1 aliphatic heterocycles. The van der Waals surface area contributed by atoms with Crippen LogP contribution < -0.4 is 5.32 Å². The molecule has 0 bridgehead atoms. The van der Waals surface area contributed by atoms with Gasteiger partial charge in [-0.1, -0.05) is 6.07 Å². The number of halogens is 5. The highest BCUT2D eigenvalue weighted by molar-refractivity contribution is 5.75. The van der Waals surface area contributed by atoms with Gasteiger partial charge in [-0.05, 0) is 18.6 Å². The number of likely N-dealkylation sites (tertiary alicyclic amines) is 1. The van der Waals surface area contributed by atoms with E-state index in [1.807, 2.05) is 0 Å². The average Bonchev–Trinajstić information content (AvgIpc) is 2.93. The van der Waals surface area contributed by atoms with Crippen LogP contribution in [0.3, 0.4) is 0 Å². The first-order valence-electron chi connectivity index (χ1n) is 6.91. The maximum atomic E-state index is 13.6. The number of urea groups is 1. The molecule has 4 nitrogen and oxygen atoms in total. The van der Waals surface area contributed by atoms with Crippen molar-refractivity contribution in [3.05, 3.63) is 35.4 Å². The number of nitrogens with one attached hydrogen (secondary N) is 1. The number of carbonyl (C=O) groups is 1. The zero-order chi connectivity index (χ0) is 17.2. The number of hydrogen-bond donors (Lipinski definition) is 2. The van der Waals surface area contributed by atoms with E-state index in [-0.39, 0.29) is 25.6 Å². The van der Waals surface area contributed by atoms with E-state index in [1.54, 1.807) is 5.32 Å². The van der Waals surface area contributed by atoms with Gasteiger partial charge in [0.15, 0.2) is 6.04 Å². The molecule has 0 aliphatic carbocycles. The quantitative estimate of drug-likeness (QED) is 0.833. The Bertz CT molecular complexity index is 559. The lowest BCUT2D eigenvalue weighted by Crippen LogP contribution is -2.45. The van der Waals surface area contributed by atoms with Crippen LogP contribution in [0.25, 0.3) is 0 Å². The van der Waals surface area contributed by atoms with Crippen LogP contribution in [0.4, 0.5) is 26.7 Å². The first kappa shape index (κ1) is 17.5. The molecule has 1 heterocycles. The average molecular weight is 338 g/mol. The predicted octanol–water partition coefficient (Wildman–Crippen LogP) is 2.59. The summed E-state index contributed by atoms with van der Waals surface area (Å²) in [5.74, 6) is -2.99. The Morgan fingerprint density at radius 2 is 1.96 bits per heavy atom. The van der Waals surface area contributed by atoms with Crippen molar-refractivity contribution < 1.29 is 31.9 Å². The molecule has 0 unspecified atom stereocenters. The van der Waals surface area contributed by atoms with Crippen molar-refractivity contribution in [2.45, 2.75) is 18.6 Å². The fourth-order valence-corrected chi connectivity index (χ4v) is 2.49. The van der Waals surface area contributed by atoms with E-state index in [9.17, 15) is 26.7 Å². The van der Waals surface area contributed by atoms with E-state index in [1.165, 1.54) is 0 Å². The topological polar surface area (TPSA) is 52.6 Å². The molecule has 23 heavy (non-hydrogen) atoms. The molecule has 2 rings (SSSR count). The number of amides is 2. The number of rotatable bonds is 3. The monoisotopic (exact) mass is 338 g/mol. The molecule has 1 aliphatic rings. The lowest BCUT2D eigenvalue weighted by Gasteiger charge is -2.26. The molecule has 1 aromatic carbocycles. The van der Waals surface area contributed by atoms with Crippen LogP contribution in [-0.4, -0.2) is 41.9 Å². The van der Waals surface area contributed by atoms with Crippen molar-refractivity contribution >= 4 is 6.03 Å². The van der Waals surface area contributed by atoms with Crippen LogP contribution >= 0.6 is 0 Å². The van der Waals surface area contributed by atoms with Crippen molar-refractivity contribution in [1.82, 2.24) is 10.2 Å². The molecule has 2 N–H and O–H groups in total. The molecule has 0 radical (unpaired) electrons. The zero-order valence-corrected chi connectivity index (χ0v) is 11.9. The largest absolute Gasteiger partial charge is 0.413 e. The van der Waals surface area contributed by atoms with Crippen LogP contribution in [0, 0.1) is 17.6 Å². The standard InChI is InChI=1S/C14H15F5N2O2/c15-9-2-1-3-10(16)11(9)12(14(17,18)19)20-13(23)21-5-4-8(6-21)7-22/h1-3,8,12,22H,4-7H2,(H,20,23)/t8-,12-/m0/s1. The Labute approximate surface area is 128 Å². The molecule has 0 spiro atoms. The van der Waals surface area contributed by atoms with Gasteiger partial charge in [-0.15, -0.1) is 0 Å². The second-order valence-electron chi connectivity index (χ2n) is 5.34. The third-order valence-corrected chi connectivity index (χ3v) is 3.71. The summed E-state index contributed by atoms with van der Waals surface area (Å²) < 4.78 is 66.7. The number of alkyl halides is 3. The van der Waals surface area contributed by atoms with E-state index in [0.29, 0.717) is 18.6 Å². The third-order valence-electron chi connectivity index (χ3n) is 3.71. The highest BCUT2D eigenvalue weighted by Gasteiger charge is 2.45. The van der Waals surface area contributed by atoms with Crippen LogP contribution in [-0.2, 0) is 0 Å². The van der Waals surface area contributed by atoms with E-state index in [4.69, 9.17) is 5.11 Å². The number of aliphatic hydroxyl groups is 1. The number of carbonyl (C=O) groups excluding carboxylic acids is 1. The van der Waals surface area contributed by atoms with E-state index >= 15 is 0 Å². The van der Waals surface area contributed by atoms with Crippen LogP contribution in [0.2, 0.25) is 0 Å². The van der Waals surface area contributed by atoms with Gasteiger partial charge in [-0.25, -0.2) is 13.6 Å². The molecule has 1 aromatic rings. The fourth-order valence-electron chi connectivity index (χ4n) is 2.49. The fraction of sp³-hybridized carbons (Fsp3) is 0.500. The van der Waals surface area contributed by atoms with Crippen molar-refractivity contribution in [2.24, 2.45) is 5.92 Å². The summed E-state index contributed by atoms with van der Waals surface area (Å²) in [6.07, 6.45) is -4.61. The summed E-state index contributed by atoms with van der Waals surface area (Å²) in [7, 11) is 0. The summed E-state index contributed by atoms with van der Waals surface area (Å²) in [6, 6.07) is -1.53.